The van der Waals surface area contributed by atoms with Gasteiger partial charge < -0.3 is 0 Å². The molecule has 0 fully saturated rings. The minimum Gasteiger partial charge on any atom is -0.208 e. The lowest BCUT2D eigenvalue weighted by Crippen LogP contribution is -2.15. The first-order valence-corrected chi connectivity index (χ1v) is 18.9. The van der Waals surface area contributed by atoms with E-state index in [1.807, 2.05) is 60.7 Å². The fourth-order valence-electron chi connectivity index (χ4n) is 8.33. The molecule has 9 aromatic rings. The molecule has 0 spiro atoms. The van der Waals surface area contributed by atoms with Crippen molar-refractivity contribution in [2.75, 3.05) is 0 Å². The Morgan fingerprint density at radius 1 is 0.345 bits per heavy atom. The number of rotatable bonds is 6. The molecule has 8 aromatic carbocycles. The second-order valence-corrected chi connectivity index (χ2v) is 14.8. The number of aromatic nitrogens is 3. The average molecular weight is 704 g/mol. The molecule has 1 aliphatic rings. The van der Waals surface area contributed by atoms with Crippen LogP contribution in [0.15, 0.2) is 188 Å². The topological polar surface area (TPSA) is 38.7 Å². The predicted molar refractivity (Wildman–Crippen MR) is 228 cm³/mol. The third-order valence-corrected chi connectivity index (χ3v) is 11.1. The molecule has 0 radical (unpaired) electrons. The van der Waals surface area contributed by atoms with E-state index in [9.17, 15) is 0 Å². The van der Waals surface area contributed by atoms with E-state index in [0.717, 1.165) is 27.8 Å². The molecule has 3 heteroatoms. The molecule has 0 amide bonds. The van der Waals surface area contributed by atoms with Crippen molar-refractivity contribution in [1.82, 2.24) is 15.0 Å². The van der Waals surface area contributed by atoms with Crippen LogP contribution < -0.4 is 0 Å². The van der Waals surface area contributed by atoms with Crippen molar-refractivity contribution in [2.45, 2.75) is 19.3 Å². The normalized spacial score (nSPS) is 12.7. The molecule has 0 atom stereocenters. The molecule has 1 aromatic heterocycles. The van der Waals surface area contributed by atoms with Gasteiger partial charge >= 0.3 is 0 Å². The van der Waals surface area contributed by atoms with Gasteiger partial charge in [0.05, 0.1) is 0 Å². The zero-order chi connectivity index (χ0) is 36.9. The summed E-state index contributed by atoms with van der Waals surface area (Å²) in [6, 6.07) is 66.7. The molecule has 0 aliphatic heterocycles. The van der Waals surface area contributed by atoms with E-state index in [-0.39, 0.29) is 5.41 Å². The molecule has 55 heavy (non-hydrogen) atoms. The van der Waals surface area contributed by atoms with Crippen LogP contribution in [0.3, 0.4) is 0 Å². The van der Waals surface area contributed by atoms with Gasteiger partial charge in [-0.3, -0.25) is 0 Å². The molecule has 1 aliphatic carbocycles. The van der Waals surface area contributed by atoms with Crippen LogP contribution in [-0.4, -0.2) is 15.0 Å². The van der Waals surface area contributed by atoms with Crippen LogP contribution in [0.4, 0.5) is 0 Å². The summed E-state index contributed by atoms with van der Waals surface area (Å²) >= 11 is 0. The van der Waals surface area contributed by atoms with Gasteiger partial charge in [-0.2, -0.15) is 0 Å². The minimum atomic E-state index is -0.0752. The number of nitrogens with zero attached hydrogens (tertiary/aromatic N) is 3. The lowest BCUT2D eigenvalue weighted by atomic mass is 9.79. The molecule has 3 nitrogen and oxygen atoms in total. The van der Waals surface area contributed by atoms with Crippen LogP contribution in [0.2, 0.25) is 0 Å². The largest absolute Gasteiger partial charge is 0.208 e. The third-order valence-electron chi connectivity index (χ3n) is 11.1. The first kappa shape index (κ1) is 32.7. The number of hydrogen-bond acceptors (Lipinski definition) is 3. The molecular formula is C52H37N3. The Morgan fingerprint density at radius 2 is 0.745 bits per heavy atom. The second kappa shape index (κ2) is 13.2. The van der Waals surface area contributed by atoms with Gasteiger partial charge in [-0.05, 0) is 72.5 Å². The number of hydrogen-bond donors (Lipinski definition) is 0. The van der Waals surface area contributed by atoms with Gasteiger partial charge in [0, 0.05) is 22.1 Å². The zero-order valence-electron chi connectivity index (χ0n) is 30.7. The van der Waals surface area contributed by atoms with Gasteiger partial charge in [-0.25, -0.2) is 15.0 Å². The van der Waals surface area contributed by atoms with Crippen LogP contribution >= 0.6 is 0 Å². The van der Waals surface area contributed by atoms with E-state index in [2.05, 4.69) is 141 Å². The van der Waals surface area contributed by atoms with Crippen LogP contribution in [0, 0.1) is 0 Å². The van der Waals surface area contributed by atoms with Gasteiger partial charge in [0.1, 0.15) is 0 Å². The van der Waals surface area contributed by atoms with E-state index in [0.29, 0.717) is 17.5 Å². The van der Waals surface area contributed by atoms with Crippen molar-refractivity contribution < 1.29 is 0 Å². The first-order valence-electron chi connectivity index (χ1n) is 18.9. The Bertz CT molecular complexity index is 2780. The Hall–Kier alpha value is -6.97. The summed E-state index contributed by atoms with van der Waals surface area (Å²) in [7, 11) is 0. The zero-order valence-corrected chi connectivity index (χ0v) is 30.7. The van der Waals surface area contributed by atoms with Gasteiger partial charge in [0.2, 0.25) is 0 Å². The highest BCUT2D eigenvalue weighted by Gasteiger charge is 2.38. The summed E-state index contributed by atoms with van der Waals surface area (Å²) in [6.07, 6.45) is 0. The highest BCUT2D eigenvalue weighted by molar-refractivity contribution is 6.04. The maximum absolute atomic E-state index is 4.90. The molecule has 260 valence electrons. The number of benzene rings is 8. The Balaban J connectivity index is 0.941. The van der Waals surface area contributed by atoms with E-state index in [4.69, 9.17) is 15.0 Å². The molecule has 0 N–H and O–H groups in total. The van der Waals surface area contributed by atoms with E-state index in [1.54, 1.807) is 0 Å². The SMILES string of the molecule is CC1(C)c2ccccc2-c2c(-c3ccc(-c4ccc(-c5ccc(-c6nc(-c7ccccc7)nc(-c7ccccc7)n6)cc5)cc4)cc3)cc3ccccc3c21. The van der Waals surface area contributed by atoms with Crippen molar-refractivity contribution in [3.63, 3.8) is 0 Å². The van der Waals surface area contributed by atoms with Crippen molar-refractivity contribution >= 4 is 10.8 Å². The van der Waals surface area contributed by atoms with Gasteiger partial charge in [0.15, 0.2) is 17.5 Å². The monoisotopic (exact) mass is 703 g/mol. The maximum Gasteiger partial charge on any atom is 0.164 e. The van der Waals surface area contributed by atoms with Crippen LogP contribution in [-0.2, 0) is 5.41 Å². The highest BCUT2D eigenvalue weighted by atomic mass is 15.0. The molecule has 0 unspecified atom stereocenters. The summed E-state index contributed by atoms with van der Waals surface area (Å²) < 4.78 is 0. The molecule has 1 heterocycles. The fourth-order valence-corrected chi connectivity index (χ4v) is 8.33. The summed E-state index contributed by atoms with van der Waals surface area (Å²) in [5, 5.41) is 2.63. The fraction of sp³-hybridized carbons (Fsp3) is 0.0577. The predicted octanol–water partition coefficient (Wildman–Crippen LogP) is 13.3. The summed E-state index contributed by atoms with van der Waals surface area (Å²) in [5.74, 6) is 1.97. The van der Waals surface area contributed by atoms with Gasteiger partial charge in [0.25, 0.3) is 0 Å². The van der Waals surface area contributed by atoms with Crippen molar-refractivity contribution in [3.8, 4) is 78.7 Å². The third kappa shape index (κ3) is 5.73. The standard InChI is InChI=1S/C52H37N3/c1-52(2)46-20-12-11-19-44(46)47-45(33-42-17-9-10-18-43(42)48(47)52)38-29-25-36(26-30-38)34-21-23-35(24-22-34)37-27-31-41(32-28-37)51-54-49(39-13-5-3-6-14-39)53-50(55-51)40-15-7-4-8-16-40/h3-33H,1-2H3. The summed E-state index contributed by atoms with van der Waals surface area (Å²) in [6.45, 7) is 4.74. The van der Waals surface area contributed by atoms with Gasteiger partial charge in [-0.15, -0.1) is 0 Å². The molecular weight excluding hydrogens is 667 g/mol. The lowest BCUT2D eigenvalue weighted by Gasteiger charge is -2.24. The van der Waals surface area contributed by atoms with Crippen LogP contribution in [0.1, 0.15) is 25.0 Å². The highest BCUT2D eigenvalue weighted by Crippen LogP contribution is 2.54. The summed E-state index contributed by atoms with van der Waals surface area (Å²) in [4.78, 5) is 14.6. The van der Waals surface area contributed by atoms with Crippen LogP contribution in [0.25, 0.3) is 89.4 Å². The molecule has 0 saturated heterocycles. The van der Waals surface area contributed by atoms with E-state index < -0.39 is 0 Å². The molecule has 0 saturated carbocycles. The molecule has 10 rings (SSSR count). The second-order valence-electron chi connectivity index (χ2n) is 14.8. The first-order chi connectivity index (χ1) is 27.0. The van der Waals surface area contributed by atoms with Crippen LogP contribution in [0.5, 0.6) is 0 Å². The van der Waals surface area contributed by atoms with Gasteiger partial charge in [-0.1, -0.05) is 196 Å². The number of fused-ring (bicyclic) bond motifs is 5. The Kier molecular flexibility index (Phi) is 7.81. The Labute approximate surface area is 321 Å². The molecule has 0 bridgehead atoms. The van der Waals surface area contributed by atoms with Crippen molar-refractivity contribution in [3.05, 3.63) is 199 Å². The average Bonchev–Trinajstić information content (AvgIpc) is 3.50. The minimum absolute atomic E-state index is 0.0752. The van der Waals surface area contributed by atoms with Crippen molar-refractivity contribution in [2.24, 2.45) is 0 Å². The Morgan fingerprint density at radius 3 is 1.27 bits per heavy atom. The van der Waals surface area contributed by atoms with Crippen molar-refractivity contribution in [1.29, 1.82) is 0 Å². The summed E-state index contributed by atoms with van der Waals surface area (Å²) in [5.41, 5.74) is 15.5. The smallest absolute Gasteiger partial charge is 0.164 e. The quantitative estimate of drug-likeness (QED) is 0.173. The van der Waals surface area contributed by atoms with E-state index in [1.165, 1.54) is 55.3 Å². The maximum atomic E-state index is 4.90. The van der Waals surface area contributed by atoms with E-state index >= 15 is 0 Å². The lowest BCUT2D eigenvalue weighted by molar-refractivity contribution is 0.666.